The zero-order valence-corrected chi connectivity index (χ0v) is 19.4. The van der Waals surface area contributed by atoms with E-state index in [2.05, 4.69) is 32.0 Å². The molecule has 7 nitrogen and oxygen atoms in total. The molecular weight excluding hydrogens is 394 g/mol. The van der Waals surface area contributed by atoms with Crippen LogP contribution in [0, 0.1) is 20.8 Å². The van der Waals surface area contributed by atoms with Crippen LogP contribution in [0.4, 0.5) is 0 Å². The molecule has 1 aliphatic heterocycles. The van der Waals surface area contributed by atoms with Crippen LogP contribution in [0.1, 0.15) is 54.8 Å². The lowest BCUT2D eigenvalue weighted by atomic mass is 9.98. The van der Waals surface area contributed by atoms with Crippen molar-refractivity contribution in [3.63, 3.8) is 0 Å². The number of aryl methyl sites for hydroxylation is 3. The van der Waals surface area contributed by atoms with Gasteiger partial charge in [-0.25, -0.2) is 0 Å². The first kappa shape index (κ1) is 22.8. The van der Waals surface area contributed by atoms with Gasteiger partial charge in [0.05, 0.1) is 12.1 Å². The van der Waals surface area contributed by atoms with Crippen LogP contribution >= 0.6 is 0 Å². The quantitative estimate of drug-likeness (QED) is 0.706. The Bertz CT molecular complexity index is 923. The monoisotopic (exact) mass is 427 g/mol. The van der Waals surface area contributed by atoms with Gasteiger partial charge in [-0.2, -0.15) is 0 Å². The summed E-state index contributed by atoms with van der Waals surface area (Å²) in [4.78, 5) is 29.1. The molecule has 0 radical (unpaired) electrons. The summed E-state index contributed by atoms with van der Waals surface area (Å²) >= 11 is 0. The first-order valence-electron chi connectivity index (χ1n) is 10.9. The van der Waals surface area contributed by atoms with Gasteiger partial charge in [0.2, 0.25) is 5.91 Å². The summed E-state index contributed by atoms with van der Waals surface area (Å²) in [6, 6.07) is 5.98. The molecule has 0 aliphatic carbocycles. The number of carbonyl (C=O) groups excluding carboxylic acids is 2. The SMILES string of the molecule is Cc1cc(OC(C)C(=O)N2CCN(C(=O)Cc3c(C)noc3C)CC2)ccc1C(C)C. The fraction of sp³-hybridized carbons (Fsp3) is 0.542. The van der Waals surface area contributed by atoms with Crippen molar-refractivity contribution in [3.8, 4) is 5.75 Å². The Balaban J connectivity index is 1.52. The molecule has 0 spiro atoms. The first-order valence-corrected chi connectivity index (χ1v) is 10.9. The fourth-order valence-electron chi connectivity index (χ4n) is 4.07. The van der Waals surface area contributed by atoms with E-state index < -0.39 is 6.10 Å². The van der Waals surface area contributed by atoms with E-state index in [1.807, 2.05) is 26.0 Å². The van der Waals surface area contributed by atoms with Gasteiger partial charge in [0.25, 0.3) is 5.91 Å². The molecule has 7 heteroatoms. The molecule has 1 unspecified atom stereocenters. The Kier molecular flexibility index (Phi) is 7.03. The van der Waals surface area contributed by atoms with Crippen LogP contribution in [-0.2, 0) is 16.0 Å². The smallest absolute Gasteiger partial charge is 0.263 e. The number of ether oxygens (including phenoxy) is 1. The number of hydrogen-bond donors (Lipinski definition) is 0. The summed E-state index contributed by atoms with van der Waals surface area (Å²) in [5, 5.41) is 3.91. The molecular formula is C24H33N3O4. The molecule has 3 rings (SSSR count). The van der Waals surface area contributed by atoms with E-state index in [1.54, 1.807) is 16.7 Å². The molecule has 0 saturated carbocycles. The highest BCUT2D eigenvalue weighted by atomic mass is 16.5. The summed E-state index contributed by atoms with van der Waals surface area (Å²) in [7, 11) is 0. The molecule has 1 saturated heterocycles. The third-order valence-electron chi connectivity index (χ3n) is 5.98. The van der Waals surface area contributed by atoms with Gasteiger partial charge in [-0.15, -0.1) is 0 Å². The zero-order chi connectivity index (χ0) is 22.7. The minimum atomic E-state index is -0.575. The first-order chi connectivity index (χ1) is 14.7. The van der Waals surface area contributed by atoms with E-state index >= 15 is 0 Å². The predicted molar refractivity (Wildman–Crippen MR) is 118 cm³/mol. The molecule has 2 aromatic rings. The van der Waals surface area contributed by atoms with Crippen LogP contribution < -0.4 is 4.74 Å². The van der Waals surface area contributed by atoms with Crippen molar-refractivity contribution in [2.24, 2.45) is 0 Å². The van der Waals surface area contributed by atoms with Crippen LogP contribution in [0.15, 0.2) is 22.7 Å². The summed E-state index contributed by atoms with van der Waals surface area (Å²) < 4.78 is 11.1. The maximum Gasteiger partial charge on any atom is 0.263 e. The number of carbonyl (C=O) groups is 2. The Morgan fingerprint density at radius 3 is 2.26 bits per heavy atom. The summed E-state index contributed by atoms with van der Waals surface area (Å²) in [6.45, 7) is 13.9. The van der Waals surface area contributed by atoms with E-state index in [9.17, 15) is 9.59 Å². The molecule has 2 amide bonds. The fourth-order valence-corrected chi connectivity index (χ4v) is 4.07. The lowest BCUT2D eigenvalue weighted by Crippen LogP contribution is -2.53. The van der Waals surface area contributed by atoms with E-state index in [-0.39, 0.29) is 18.2 Å². The van der Waals surface area contributed by atoms with Gasteiger partial charge in [0.1, 0.15) is 11.5 Å². The van der Waals surface area contributed by atoms with Crippen molar-refractivity contribution in [3.05, 3.63) is 46.3 Å². The van der Waals surface area contributed by atoms with Crippen LogP contribution in [0.5, 0.6) is 5.75 Å². The summed E-state index contributed by atoms with van der Waals surface area (Å²) in [6.07, 6.45) is -0.297. The molecule has 1 fully saturated rings. The van der Waals surface area contributed by atoms with Crippen molar-refractivity contribution in [1.29, 1.82) is 0 Å². The molecule has 1 aliphatic rings. The third kappa shape index (κ3) is 5.27. The molecule has 1 aromatic heterocycles. The van der Waals surface area contributed by atoms with Gasteiger partial charge in [-0.05, 0) is 56.9 Å². The third-order valence-corrected chi connectivity index (χ3v) is 5.98. The summed E-state index contributed by atoms with van der Waals surface area (Å²) in [5.74, 6) is 1.82. The Morgan fingerprint density at radius 2 is 1.71 bits per heavy atom. The minimum Gasteiger partial charge on any atom is -0.481 e. The highest BCUT2D eigenvalue weighted by molar-refractivity contribution is 5.82. The number of rotatable bonds is 6. The maximum absolute atomic E-state index is 12.9. The molecule has 1 aromatic carbocycles. The largest absolute Gasteiger partial charge is 0.481 e. The molecule has 0 N–H and O–H groups in total. The standard InChI is InChI=1S/C24H33N3O4/c1-15(2)21-8-7-20(13-16(21)3)30-19(6)24(29)27-11-9-26(10-12-27)23(28)14-22-17(4)25-31-18(22)5/h7-8,13,15,19H,9-12,14H2,1-6H3. The number of hydrogen-bond acceptors (Lipinski definition) is 5. The predicted octanol–water partition coefficient (Wildman–Crippen LogP) is 3.40. The van der Waals surface area contributed by atoms with Gasteiger partial charge < -0.3 is 19.1 Å². The van der Waals surface area contributed by atoms with Crippen molar-refractivity contribution in [2.75, 3.05) is 26.2 Å². The van der Waals surface area contributed by atoms with E-state index in [0.717, 1.165) is 16.8 Å². The molecule has 168 valence electrons. The van der Waals surface area contributed by atoms with E-state index in [0.29, 0.717) is 43.6 Å². The second-order valence-corrected chi connectivity index (χ2v) is 8.62. The van der Waals surface area contributed by atoms with Gasteiger partial charge in [0, 0.05) is 31.7 Å². The van der Waals surface area contributed by atoms with Crippen LogP contribution in [0.2, 0.25) is 0 Å². The van der Waals surface area contributed by atoms with Gasteiger partial charge >= 0.3 is 0 Å². The minimum absolute atomic E-state index is 0.0338. The van der Waals surface area contributed by atoms with Gasteiger partial charge in [-0.3, -0.25) is 9.59 Å². The van der Waals surface area contributed by atoms with Crippen LogP contribution in [0.25, 0.3) is 0 Å². The van der Waals surface area contributed by atoms with Gasteiger partial charge in [-0.1, -0.05) is 25.1 Å². The lowest BCUT2D eigenvalue weighted by Gasteiger charge is -2.36. The average molecular weight is 428 g/mol. The van der Waals surface area contributed by atoms with Crippen molar-refractivity contribution in [1.82, 2.24) is 15.0 Å². The number of nitrogens with zero attached hydrogens (tertiary/aromatic N) is 3. The highest BCUT2D eigenvalue weighted by Crippen LogP contribution is 2.24. The molecule has 31 heavy (non-hydrogen) atoms. The van der Waals surface area contributed by atoms with Crippen LogP contribution in [-0.4, -0.2) is 59.1 Å². The van der Waals surface area contributed by atoms with Crippen molar-refractivity contribution < 1.29 is 18.8 Å². The lowest BCUT2D eigenvalue weighted by molar-refractivity contribution is -0.143. The Hall–Kier alpha value is -2.83. The van der Waals surface area contributed by atoms with Crippen molar-refractivity contribution >= 4 is 11.8 Å². The number of benzene rings is 1. The van der Waals surface area contributed by atoms with E-state index in [1.165, 1.54) is 5.56 Å². The summed E-state index contributed by atoms with van der Waals surface area (Å²) in [5.41, 5.74) is 4.05. The van der Waals surface area contributed by atoms with E-state index in [4.69, 9.17) is 9.26 Å². The molecule has 0 bridgehead atoms. The average Bonchev–Trinajstić information content (AvgIpc) is 3.05. The van der Waals surface area contributed by atoms with Crippen LogP contribution in [0.3, 0.4) is 0 Å². The molecule has 2 heterocycles. The highest BCUT2D eigenvalue weighted by Gasteiger charge is 2.28. The van der Waals surface area contributed by atoms with Crippen molar-refractivity contribution in [2.45, 2.75) is 60.0 Å². The normalized spacial score (nSPS) is 15.3. The second-order valence-electron chi connectivity index (χ2n) is 8.62. The molecule has 1 atom stereocenters. The zero-order valence-electron chi connectivity index (χ0n) is 19.4. The topological polar surface area (TPSA) is 75.9 Å². The van der Waals surface area contributed by atoms with Gasteiger partial charge in [0.15, 0.2) is 6.10 Å². The maximum atomic E-state index is 12.9. The number of aromatic nitrogens is 1. The second kappa shape index (κ2) is 9.54. The number of piperazine rings is 1. The Morgan fingerprint density at radius 1 is 1.06 bits per heavy atom. The Labute approximate surface area is 184 Å². The number of amides is 2.